The number of halogens is 1. The highest BCUT2D eigenvalue weighted by molar-refractivity contribution is 5.94. The summed E-state index contributed by atoms with van der Waals surface area (Å²) in [4.78, 5) is 12.1. The molecule has 122 valence electrons. The van der Waals surface area contributed by atoms with Crippen LogP contribution in [0, 0.1) is 5.82 Å². The second kappa shape index (κ2) is 8.17. The molecule has 2 aromatic carbocycles. The Labute approximate surface area is 135 Å². The lowest BCUT2D eigenvalue weighted by atomic mass is 10.1. The molecule has 1 amide bonds. The second-order valence-corrected chi connectivity index (χ2v) is 5.06. The van der Waals surface area contributed by atoms with Gasteiger partial charge in [-0.1, -0.05) is 12.1 Å². The van der Waals surface area contributed by atoms with Crippen molar-refractivity contribution < 1.29 is 18.7 Å². The van der Waals surface area contributed by atoms with Crippen LogP contribution in [0.5, 0.6) is 11.5 Å². The van der Waals surface area contributed by atoms with E-state index in [1.807, 2.05) is 0 Å². The molecule has 0 unspecified atom stereocenters. The van der Waals surface area contributed by atoms with Gasteiger partial charge in [-0.2, -0.15) is 0 Å². The minimum atomic E-state index is -0.240. The van der Waals surface area contributed by atoms with E-state index < -0.39 is 0 Å². The molecule has 2 aromatic rings. The van der Waals surface area contributed by atoms with Crippen molar-refractivity contribution in [3.63, 3.8) is 0 Å². The lowest BCUT2D eigenvalue weighted by molar-refractivity contribution is 0.0953. The lowest BCUT2D eigenvalue weighted by Gasteiger charge is -2.10. The van der Waals surface area contributed by atoms with Crippen molar-refractivity contribution in [2.24, 2.45) is 0 Å². The molecule has 0 heterocycles. The fraction of sp³-hybridized carbons (Fsp3) is 0.278. The number of methoxy groups -OCH3 is 2. The maximum atomic E-state index is 12.8. The van der Waals surface area contributed by atoms with Gasteiger partial charge >= 0.3 is 0 Å². The number of hydrogen-bond donors (Lipinski definition) is 1. The third-order valence-corrected chi connectivity index (χ3v) is 3.49. The summed E-state index contributed by atoms with van der Waals surface area (Å²) >= 11 is 0. The molecule has 2 rings (SSSR count). The number of benzene rings is 2. The average Bonchev–Trinajstić information content (AvgIpc) is 2.59. The smallest absolute Gasteiger partial charge is 0.251 e. The monoisotopic (exact) mass is 317 g/mol. The standard InChI is InChI=1S/C18H20FNO3/c1-22-16-10-7-14(12-17(16)23-2)18(21)20-11-3-4-13-5-8-15(19)9-6-13/h5-10,12H,3-4,11H2,1-2H3,(H,20,21). The van der Waals surface area contributed by atoms with Crippen LogP contribution in [0.2, 0.25) is 0 Å². The third kappa shape index (κ3) is 4.71. The molecule has 0 fully saturated rings. The Bertz CT molecular complexity index is 656. The molecule has 0 aliphatic rings. The van der Waals surface area contributed by atoms with Crippen LogP contribution in [0.25, 0.3) is 0 Å². The van der Waals surface area contributed by atoms with Crippen molar-refractivity contribution in [1.29, 1.82) is 0 Å². The highest BCUT2D eigenvalue weighted by Gasteiger charge is 2.10. The number of rotatable bonds is 7. The van der Waals surface area contributed by atoms with Gasteiger partial charge in [0, 0.05) is 12.1 Å². The van der Waals surface area contributed by atoms with Crippen LogP contribution < -0.4 is 14.8 Å². The number of nitrogens with one attached hydrogen (secondary N) is 1. The predicted molar refractivity (Wildman–Crippen MR) is 86.6 cm³/mol. The fourth-order valence-electron chi connectivity index (χ4n) is 2.23. The predicted octanol–water partition coefficient (Wildman–Crippen LogP) is 3.21. The van der Waals surface area contributed by atoms with Gasteiger partial charge in [0.25, 0.3) is 5.91 Å². The van der Waals surface area contributed by atoms with Crippen LogP contribution in [0.4, 0.5) is 4.39 Å². The molecule has 0 aromatic heterocycles. The molecule has 1 N–H and O–H groups in total. The molecule has 5 heteroatoms. The van der Waals surface area contributed by atoms with Gasteiger partial charge < -0.3 is 14.8 Å². The van der Waals surface area contributed by atoms with Crippen LogP contribution in [-0.2, 0) is 6.42 Å². The molecule has 0 aliphatic heterocycles. The summed E-state index contributed by atoms with van der Waals surface area (Å²) in [6.45, 7) is 0.546. The first-order chi connectivity index (χ1) is 11.1. The third-order valence-electron chi connectivity index (χ3n) is 3.49. The molecule has 23 heavy (non-hydrogen) atoms. The Morgan fingerprint density at radius 1 is 1.04 bits per heavy atom. The Morgan fingerprint density at radius 3 is 2.39 bits per heavy atom. The normalized spacial score (nSPS) is 10.2. The van der Waals surface area contributed by atoms with Crippen LogP contribution in [0.15, 0.2) is 42.5 Å². The number of aryl methyl sites for hydroxylation is 1. The first-order valence-electron chi connectivity index (χ1n) is 7.38. The molecule has 0 saturated carbocycles. The maximum absolute atomic E-state index is 12.8. The van der Waals surface area contributed by atoms with E-state index >= 15 is 0 Å². The van der Waals surface area contributed by atoms with E-state index in [1.165, 1.54) is 19.2 Å². The second-order valence-electron chi connectivity index (χ2n) is 5.06. The summed E-state index contributed by atoms with van der Waals surface area (Å²) in [5, 5.41) is 2.86. The van der Waals surface area contributed by atoms with Gasteiger partial charge in [-0.15, -0.1) is 0 Å². The largest absolute Gasteiger partial charge is 0.493 e. The molecule has 0 radical (unpaired) electrons. The van der Waals surface area contributed by atoms with Crippen LogP contribution in [0.1, 0.15) is 22.3 Å². The van der Waals surface area contributed by atoms with Crippen molar-refractivity contribution in [2.75, 3.05) is 20.8 Å². The van der Waals surface area contributed by atoms with Crippen molar-refractivity contribution in [2.45, 2.75) is 12.8 Å². The van der Waals surface area contributed by atoms with Gasteiger partial charge in [-0.25, -0.2) is 4.39 Å². The number of carbonyl (C=O) groups is 1. The summed E-state index contributed by atoms with van der Waals surface area (Å²) in [5.41, 5.74) is 1.57. The van der Waals surface area contributed by atoms with E-state index in [-0.39, 0.29) is 11.7 Å². The van der Waals surface area contributed by atoms with E-state index in [1.54, 1.807) is 37.4 Å². The van der Waals surface area contributed by atoms with E-state index in [9.17, 15) is 9.18 Å². The summed E-state index contributed by atoms with van der Waals surface area (Å²) in [6, 6.07) is 11.4. The van der Waals surface area contributed by atoms with Gasteiger partial charge in [0.2, 0.25) is 0 Å². The zero-order valence-corrected chi connectivity index (χ0v) is 13.3. The van der Waals surface area contributed by atoms with Crippen LogP contribution in [0.3, 0.4) is 0 Å². The first kappa shape index (κ1) is 16.8. The van der Waals surface area contributed by atoms with Crippen molar-refractivity contribution in [3.8, 4) is 11.5 Å². The number of hydrogen-bond acceptors (Lipinski definition) is 3. The number of carbonyl (C=O) groups excluding carboxylic acids is 1. The zero-order chi connectivity index (χ0) is 16.7. The Hall–Kier alpha value is -2.56. The molecule has 0 atom stereocenters. The molecule has 0 spiro atoms. The maximum Gasteiger partial charge on any atom is 0.251 e. The molecular formula is C18H20FNO3. The first-order valence-corrected chi connectivity index (χ1v) is 7.38. The SMILES string of the molecule is COc1ccc(C(=O)NCCCc2ccc(F)cc2)cc1OC. The van der Waals surface area contributed by atoms with E-state index in [4.69, 9.17) is 9.47 Å². The highest BCUT2D eigenvalue weighted by Crippen LogP contribution is 2.27. The fourth-order valence-corrected chi connectivity index (χ4v) is 2.23. The Kier molecular flexibility index (Phi) is 5.97. The molecule has 0 bridgehead atoms. The average molecular weight is 317 g/mol. The Balaban J connectivity index is 1.83. The van der Waals surface area contributed by atoms with Crippen LogP contribution in [-0.4, -0.2) is 26.7 Å². The minimum Gasteiger partial charge on any atom is -0.493 e. The van der Waals surface area contributed by atoms with Gasteiger partial charge in [-0.3, -0.25) is 4.79 Å². The number of ether oxygens (including phenoxy) is 2. The van der Waals surface area contributed by atoms with Crippen LogP contribution >= 0.6 is 0 Å². The van der Waals surface area contributed by atoms with E-state index in [0.717, 1.165) is 18.4 Å². The highest BCUT2D eigenvalue weighted by atomic mass is 19.1. The van der Waals surface area contributed by atoms with E-state index in [0.29, 0.717) is 23.6 Å². The summed E-state index contributed by atoms with van der Waals surface area (Å²) in [6.07, 6.45) is 1.57. The van der Waals surface area contributed by atoms with Gasteiger partial charge in [0.15, 0.2) is 11.5 Å². The van der Waals surface area contributed by atoms with Gasteiger partial charge in [0.1, 0.15) is 5.82 Å². The number of amides is 1. The summed E-state index contributed by atoms with van der Waals surface area (Å²) in [5.74, 6) is 0.701. The minimum absolute atomic E-state index is 0.162. The zero-order valence-electron chi connectivity index (χ0n) is 13.3. The molecular weight excluding hydrogens is 297 g/mol. The molecule has 4 nitrogen and oxygen atoms in total. The quantitative estimate of drug-likeness (QED) is 0.798. The lowest BCUT2D eigenvalue weighted by Crippen LogP contribution is -2.24. The summed E-state index contributed by atoms with van der Waals surface area (Å²) < 4.78 is 23.1. The Morgan fingerprint density at radius 2 is 1.74 bits per heavy atom. The topological polar surface area (TPSA) is 47.6 Å². The van der Waals surface area contributed by atoms with Gasteiger partial charge in [-0.05, 0) is 48.7 Å². The van der Waals surface area contributed by atoms with Gasteiger partial charge in [0.05, 0.1) is 14.2 Å². The van der Waals surface area contributed by atoms with Crippen molar-refractivity contribution in [1.82, 2.24) is 5.32 Å². The molecule has 0 aliphatic carbocycles. The molecule has 0 saturated heterocycles. The summed E-state index contributed by atoms with van der Waals surface area (Å²) in [7, 11) is 3.08. The van der Waals surface area contributed by atoms with E-state index in [2.05, 4.69) is 5.32 Å². The van der Waals surface area contributed by atoms with Crippen molar-refractivity contribution >= 4 is 5.91 Å². The van der Waals surface area contributed by atoms with Crippen molar-refractivity contribution in [3.05, 3.63) is 59.4 Å².